The van der Waals surface area contributed by atoms with Crippen molar-refractivity contribution in [3.63, 3.8) is 0 Å². The molecule has 0 aliphatic rings. The van der Waals surface area contributed by atoms with Crippen molar-refractivity contribution in [1.82, 2.24) is 4.68 Å². The van der Waals surface area contributed by atoms with Crippen LogP contribution in [-0.4, -0.2) is 27.6 Å². The number of halogens is 2. The van der Waals surface area contributed by atoms with E-state index >= 15 is 0 Å². The first-order valence-electron chi connectivity index (χ1n) is 8.22. The fourth-order valence-electron chi connectivity index (χ4n) is 2.35. The molecule has 2 aromatic carbocycles. The number of benzene rings is 2. The van der Waals surface area contributed by atoms with Gasteiger partial charge in [0.2, 0.25) is 4.80 Å². The fraction of sp³-hybridized carbons (Fsp3) is 0.100. The zero-order valence-corrected chi connectivity index (χ0v) is 17.3. The van der Waals surface area contributed by atoms with Crippen LogP contribution in [0, 0.1) is 0 Å². The van der Waals surface area contributed by atoms with E-state index < -0.39 is 0 Å². The molecule has 3 aromatic rings. The third kappa shape index (κ3) is 4.65. The first-order valence-corrected chi connectivity index (χ1v) is 9.86. The lowest BCUT2D eigenvalue weighted by atomic mass is 10.2. The Kier molecular flexibility index (Phi) is 6.24. The van der Waals surface area contributed by atoms with Crippen LogP contribution in [0.15, 0.2) is 64.0 Å². The first-order chi connectivity index (χ1) is 13.3. The lowest BCUT2D eigenvalue weighted by molar-refractivity contribution is 0.403. The van der Waals surface area contributed by atoms with E-state index in [1.54, 1.807) is 29.1 Å². The smallest absolute Gasteiger partial charge is 0.206 e. The van der Waals surface area contributed by atoms with E-state index in [2.05, 4.69) is 16.7 Å². The van der Waals surface area contributed by atoms with Crippen LogP contribution < -0.4 is 4.80 Å². The normalized spacial score (nSPS) is 12.0. The quantitative estimate of drug-likeness (QED) is 0.325. The van der Waals surface area contributed by atoms with Crippen LogP contribution in [0.2, 0.25) is 10.0 Å². The maximum Gasteiger partial charge on any atom is 0.206 e. The minimum absolute atomic E-state index is 0.189. The second-order valence-electron chi connectivity index (χ2n) is 6.11. The molecule has 5 nitrogen and oxygen atoms in total. The molecule has 144 valence electrons. The van der Waals surface area contributed by atoms with E-state index in [0.29, 0.717) is 27.0 Å². The van der Waals surface area contributed by atoms with Gasteiger partial charge in [0.05, 0.1) is 23.5 Å². The summed E-state index contributed by atoms with van der Waals surface area (Å²) in [6, 6.07) is 9.73. The van der Waals surface area contributed by atoms with Gasteiger partial charge in [0, 0.05) is 16.0 Å². The number of aromatic nitrogens is 1. The number of phenolic OH excluding ortho intramolecular Hbond substituents is 2. The van der Waals surface area contributed by atoms with Gasteiger partial charge < -0.3 is 10.2 Å². The van der Waals surface area contributed by atoms with Crippen LogP contribution >= 0.6 is 34.5 Å². The highest BCUT2D eigenvalue weighted by Crippen LogP contribution is 2.31. The summed E-state index contributed by atoms with van der Waals surface area (Å²) in [6.45, 7) is 6.26. The highest BCUT2D eigenvalue weighted by Gasteiger charge is 2.11. The van der Waals surface area contributed by atoms with Crippen molar-refractivity contribution in [1.29, 1.82) is 0 Å². The molecule has 28 heavy (non-hydrogen) atoms. The molecule has 0 bridgehead atoms. The van der Waals surface area contributed by atoms with Crippen LogP contribution in [0.25, 0.3) is 11.3 Å². The van der Waals surface area contributed by atoms with E-state index in [-0.39, 0.29) is 11.5 Å². The second-order valence-corrected chi connectivity index (χ2v) is 7.79. The number of hydrogen-bond donors (Lipinski definition) is 2. The number of hydrogen-bond acceptors (Lipinski definition) is 5. The Morgan fingerprint density at radius 3 is 2.64 bits per heavy atom. The minimum atomic E-state index is -0.215. The summed E-state index contributed by atoms with van der Waals surface area (Å²) in [5.74, 6) is -0.404. The third-order valence-electron chi connectivity index (χ3n) is 3.70. The Morgan fingerprint density at radius 2 is 1.96 bits per heavy atom. The molecule has 0 amide bonds. The van der Waals surface area contributed by atoms with Crippen molar-refractivity contribution in [3.8, 4) is 22.8 Å². The molecule has 0 saturated heterocycles. The molecule has 1 heterocycles. The van der Waals surface area contributed by atoms with Crippen molar-refractivity contribution >= 4 is 40.8 Å². The molecule has 0 aliphatic heterocycles. The number of nitrogens with zero attached hydrogens (tertiary/aromatic N) is 3. The number of thiazole rings is 1. The van der Waals surface area contributed by atoms with Gasteiger partial charge in [-0.15, -0.1) is 11.3 Å². The lowest BCUT2D eigenvalue weighted by Crippen LogP contribution is -2.13. The molecule has 8 heteroatoms. The highest BCUT2D eigenvalue weighted by atomic mass is 35.5. The highest BCUT2D eigenvalue weighted by molar-refractivity contribution is 7.07. The molecular weight excluding hydrogens is 417 g/mol. The van der Waals surface area contributed by atoms with Gasteiger partial charge in [-0.05, 0) is 48.9 Å². The van der Waals surface area contributed by atoms with Gasteiger partial charge in [0.25, 0.3) is 0 Å². The number of rotatable bonds is 5. The Morgan fingerprint density at radius 1 is 1.18 bits per heavy atom. The van der Waals surface area contributed by atoms with E-state index in [1.165, 1.54) is 23.5 Å². The van der Waals surface area contributed by atoms with Crippen molar-refractivity contribution in [3.05, 3.63) is 74.3 Å². The standard InChI is InChI=1S/C20H17Cl2N3O2S/c1-12(2)9-23-20-25(24-10-13-3-6-18(26)19(27)7-13)17(11-28-20)15-5-4-14(21)8-16(15)22/h3-8,10-11,26-27H,1,9H2,2H3. The van der Waals surface area contributed by atoms with Gasteiger partial charge in [0.1, 0.15) is 0 Å². The van der Waals surface area contributed by atoms with Crippen LogP contribution in [0.5, 0.6) is 11.5 Å². The summed E-state index contributed by atoms with van der Waals surface area (Å²) in [5, 5.41) is 26.6. The number of phenols is 2. The Balaban J connectivity index is 2.11. The lowest BCUT2D eigenvalue weighted by Gasteiger charge is -2.06. The summed E-state index contributed by atoms with van der Waals surface area (Å²) < 4.78 is 1.67. The summed E-state index contributed by atoms with van der Waals surface area (Å²) >= 11 is 13.8. The molecule has 0 spiro atoms. The monoisotopic (exact) mass is 433 g/mol. The molecule has 0 aliphatic carbocycles. The zero-order chi connectivity index (χ0) is 20.3. The molecule has 0 fully saturated rings. The fourth-order valence-corrected chi connectivity index (χ4v) is 3.68. The maximum absolute atomic E-state index is 9.68. The largest absolute Gasteiger partial charge is 0.504 e. The zero-order valence-electron chi connectivity index (χ0n) is 14.9. The van der Waals surface area contributed by atoms with Crippen molar-refractivity contribution < 1.29 is 10.2 Å². The van der Waals surface area contributed by atoms with Gasteiger partial charge in [0.15, 0.2) is 11.5 Å². The molecule has 2 N–H and O–H groups in total. The Bertz CT molecular complexity index is 1130. The molecule has 0 saturated carbocycles. The van der Waals surface area contributed by atoms with Crippen molar-refractivity contribution in [2.45, 2.75) is 6.92 Å². The minimum Gasteiger partial charge on any atom is -0.504 e. The molecule has 0 radical (unpaired) electrons. The van der Waals surface area contributed by atoms with Crippen LogP contribution in [0.1, 0.15) is 12.5 Å². The molecule has 0 atom stereocenters. The van der Waals surface area contributed by atoms with E-state index in [1.807, 2.05) is 18.4 Å². The van der Waals surface area contributed by atoms with Crippen LogP contribution in [0.4, 0.5) is 0 Å². The Hall–Kier alpha value is -2.54. The molecule has 1 aromatic heterocycles. The van der Waals surface area contributed by atoms with Crippen molar-refractivity contribution in [2.75, 3.05) is 6.54 Å². The van der Waals surface area contributed by atoms with Gasteiger partial charge in [-0.2, -0.15) is 5.10 Å². The van der Waals surface area contributed by atoms with E-state index in [0.717, 1.165) is 16.8 Å². The summed E-state index contributed by atoms with van der Waals surface area (Å²) in [5.41, 5.74) is 3.07. The molecule has 0 unspecified atom stereocenters. The average molecular weight is 434 g/mol. The molecule has 3 rings (SSSR count). The van der Waals surface area contributed by atoms with Crippen LogP contribution in [-0.2, 0) is 0 Å². The summed E-state index contributed by atoms with van der Waals surface area (Å²) in [4.78, 5) is 5.22. The van der Waals surface area contributed by atoms with Crippen molar-refractivity contribution in [2.24, 2.45) is 10.1 Å². The Labute approximate surface area is 176 Å². The van der Waals surface area contributed by atoms with E-state index in [4.69, 9.17) is 23.2 Å². The second kappa shape index (κ2) is 8.65. The third-order valence-corrected chi connectivity index (χ3v) is 5.10. The van der Waals surface area contributed by atoms with Gasteiger partial charge >= 0.3 is 0 Å². The maximum atomic E-state index is 9.68. The van der Waals surface area contributed by atoms with E-state index in [9.17, 15) is 10.2 Å². The summed E-state index contributed by atoms with van der Waals surface area (Å²) in [6.07, 6.45) is 1.57. The predicted molar refractivity (Wildman–Crippen MR) is 116 cm³/mol. The SMILES string of the molecule is C=C(C)CN=c1scc(-c2ccc(Cl)cc2Cl)n1N=Cc1ccc(O)c(O)c1. The van der Waals surface area contributed by atoms with Crippen LogP contribution in [0.3, 0.4) is 0 Å². The first kappa shape index (κ1) is 20.2. The van der Waals surface area contributed by atoms with Gasteiger partial charge in [-0.1, -0.05) is 35.4 Å². The molecular formula is C20H17Cl2N3O2S. The average Bonchev–Trinajstić information content (AvgIpc) is 3.03. The van der Waals surface area contributed by atoms with Gasteiger partial charge in [-0.25, -0.2) is 4.68 Å². The topological polar surface area (TPSA) is 70.1 Å². The predicted octanol–water partition coefficient (Wildman–Crippen LogP) is 5.29. The number of aromatic hydroxyl groups is 2. The van der Waals surface area contributed by atoms with Gasteiger partial charge in [-0.3, -0.25) is 4.99 Å². The summed E-state index contributed by atoms with van der Waals surface area (Å²) in [7, 11) is 0.